The number of nitrogens with zero attached hydrogens (tertiary/aromatic N) is 2. The lowest BCUT2D eigenvalue weighted by molar-refractivity contribution is 0.430. The molecule has 0 bridgehead atoms. The predicted molar refractivity (Wildman–Crippen MR) is 134 cm³/mol. The molecule has 0 rings (SSSR count). The average Bonchev–Trinajstić information content (AvgIpc) is 2.27. The highest BCUT2D eigenvalue weighted by Gasteiger charge is 2.27. The van der Waals surface area contributed by atoms with Gasteiger partial charge in [0.25, 0.3) is 0 Å². The third-order valence-electron chi connectivity index (χ3n) is 3.71. The molecule has 0 aromatic rings. The van der Waals surface area contributed by atoms with Gasteiger partial charge in [-0.15, -0.1) is 0 Å². The summed E-state index contributed by atoms with van der Waals surface area (Å²) >= 11 is 0. The molecule has 0 N–H and O–H groups in total. The fourth-order valence-corrected chi connectivity index (χ4v) is 14.4. The van der Waals surface area contributed by atoms with Crippen LogP contribution in [0.5, 0.6) is 0 Å². The van der Waals surface area contributed by atoms with Crippen molar-refractivity contribution in [1.29, 1.82) is 0 Å². The van der Waals surface area contributed by atoms with Gasteiger partial charge in [0.2, 0.25) is 0 Å². The lowest BCUT2D eigenvalue weighted by Crippen LogP contribution is -2.37. The third-order valence-corrected chi connectivity index (χ3v) is 14.4. The lowest BCUT2D eigenvalue weighted by atomic mass is 10.4. The molecule has 0 spiro atoms. The Labute approximate surface area is 161 Å². The van der Waals surface area contributed by atoms with E-state index in [1.54, 1.807) is 8.64 Å². The number of hydrogen-bond acceptors (Lipinski definition) is 2. The van der Waals surface area contributed by atoms with Gasteiger partial charge < -0.3 is 0 Å². The number of rotatable bonds is 2. The van der Waals surface area contributed by atoms with Gasteiger partial charge in [0.15, 0.2) is 0 Å². The van der Waals surface area contributed by atoms with Gasteiger partial charge in [-0.1, -0.05) is 0 Å². The fraction of sp³-hybridized carbons (Fsp3) is 0.889. The second kappa shape index (κ2) is 7.59. The van der Waals surface area contributed by atoms with Crippen molar-refractivity contribution in [3.05, 3.63) is 0 Å². The molecule has 0 aromatic carbocycles. The molecule has 6 heteroatoms. The topological polar surface area (TPSA) is 6.48 Å². The highest BCUT2D eigenvalue weighted by molar-refractivity contribution is 8.92. The quantitative estimate of drug-likeness (QED) is 0.464. The zero-order chi connectivity index (χ0) is 19.8. The lowest BCUT2D eigenvalue weighted by Gasteiger charge is -2.44. The van der Waals surface area contributed by atoms with E-state index in [1.807, 2.05) is 21.6 Å². The summed E-state index contributed by atoms with van der Waals surface area (Å²) in [5, 5.41) is 0. The summed E-state index contributed by atoms with van der Waals surface area (Å²) in [6.07, 6.45) is 19.5. The summed E-state index contributed by atoms with van der Waals surface area (Å²) in [5.41, 5.74) is 0. The molecule has 0 heterocycles. The monoisotopic (exact) mass is 416 g/mol. The van der Waals surface area contributed by atoms with E-state index in [0.29, 0.717) is 12.1 Å². The molecular formula is C18H44N2S4. The molecule has 0 unspecified atom stereocenters. The first-order valence-corrected chi connectivity index (χ1v) is 17.9. The molecule has 0 atom stereocenters. The first-order valence-electron chi connectivity index (χ1n) is 8.42. The van der Waals surface area contributed by atoms with Crippen molar-refractivity contribution in [2.75, 3.05) is 64.1 Å². The molecule has 0 saturated carbocycles. The van der Waals surface area contributed by atoms with Crippen molar-refractivity contribution in [3.63, 3.8) is 0 Å². The van der Waals surface area contributed by atoms with Gasteiger partial charge in [-0.05, 0) is 113 Å². The van der Waals surface area contributed by atoms with Crippen LogP contribution < -0.4 is 0 Å². The van der Waals surface area contributed by atoms with Crippen molar-refractivity contribution in [2.24, 2.45) is 0 Å². The van der Waals surface area contributed by atoms with Crippen molar-refractivity contribution in [2.45, 2.75) is 39.8 Å². The molecular weight excluding hydrogens is 372 g/mol. The largest absolute Gasteiger partial charge is 0.266 e. The van der Waals surface area contributed by atoms with Gasteiger partial charge in [-0.25, -0.2) is 17.5 Å². The Morgan fingerprint density at radius 2 is 0.792 bits per heavy atom. The standard InChI is InChI=1S/C18H44N2S4/c1-15(2)19(5)17(23(7,8,9)10)21-22-18(20(6)16(3)4)24(11,12,13)14/h15-16H,1-14H3. The first kappa shape index (κ1) is 25.1. The zero-order valence-electron chi connectivity index (χ0n) is 18.7. The van der Waals surface area contributed by atoms with E-state index in [-0.39, 0.29) is 0 Å². The van der Waals surface area contributed by atoms with E-state index < -0.39 is 17.5 Å². The van der Waals surface area contributed by atoms with Gasteiger partial charge in [0.05, 0.1) is 8.64 Å². The Balaban J connectivity index is 6.07. The minimum absolute atomic E-state index is 0.523. The van der Waals surface area contributed by atoms with Crippen LogP contribution in [0, 0.1) is 0 Å². The molecule has 0 amide bonds. The highest BCUT2D eigenvalue weighted by Crippen LogP contribution is 2.55. The van der Waals surface area contributed by atoms with Crippen LogP contribution in [0.25, 0.3) is 0 Å². The minimum atomic E-state index is -1.57. The Hall–Kier alpha value is 1.06. The fourth-order valence-electron chi connectivity index (χ4n) is 2.03. The normalized spacial score (nSPS) is 17.1. The Morgan fingerprint density at radius 1 is 0.583 bits per heavy atom. The van der Waals surface area contributed by atoms with E-state index in [2.05, 4.69) is 102 Å². The Kier molecular flexibility index (Phi) is 7.92. The summed E-state index contributed by atoms with van der Waals surface area (Å²) in [5.74, 6) is 0. The zero-order valence-corrected chi connectivity index (χ0v) is 21.9. The molecule has 0 aliphatic rings. The summed E-state index contributed by atoms with van der Waals surface area (Å²) in [6, 6.07) is 1.05. The van der Waals surface area contributed by atoms with Gasteiger partial charge in [-0.2, -0.15) is 0 Å². The summed E-state index contributed by atoms with van der Waals surface area (Å²) in [7, 11) is 5.36. The van der Waals surface area contributed by atoms with Crippen molar-refractivity contribution in [1.82, 2.24) is 9.80 Å². The molecule has 0 fully saturated rings. The van der Waals surface area contributed by atoms with E-state index in [0.717, 1.165) is 0 Å². The van der Waals surface area contributed by atoms with Crippen LogP contribution >= 0.6 is 39.1 Å². The summed E-state index contributed by atoms with van der Waals surface area (Å²) in [4.78, 5) is 4.96. The maximum Gasteiger partial charge on any atom is 0.0716 e. The van der Waals surface area contributed by atoms with E-state index >= 15 is 0 Å². The van der Waals surface area contributed by atoms with Crippen LogP contribution in [-0.2, 0) is 0 Å². The molecule has 2 nitrogen and oxygen atoms in total. The minimum Gasteiger partial charge on any atom is -0.266 e. The average molecular weight is 417 g/mol. The van der Waals surface area contributed by atoms with Crippen molar-refractivity contribution < 1.29 is 0 Å². The maximum absolute atomic E-state index is 2.48. The van der Waals surface area contributed by atoms with Crippen LogP contribution in [0.15, 0.2) is 0 Å². The van der Waals surface area contributed by atoms with Gasteiger partial charge in [0, 0.05) is 12.1 Å². The van der Waals surface area contributed by atoms with E-state index in [1.165, 1.54) is 0 Å². The Bertz CT molecular complexity index is 501. The molecule has 150 valence electrons. The number of hydrogen-bond donors (Lipinski definition) is 0. The molecule has 24 heavy (non-hydrogen) atoms. The van der Waals surface area contributed by atoms with Crippen LogP contribution in [-0.4, -0.2) is 94.7 Å². The van der Waals surface area contributed by atoms with Crippen LogP contribution in [0.4, 0.5) is 0 Å². The summed E-state index contributed by atoms with van der Waals surface area (Å²) in [6.45, 7) is 9.14. The van der Waals surface area contributed by atoms with Gasteiger partial charge in [-0.3, -0.25) is 9.80 Å². The van der Waals surface area contributed by atoms with Crippen LogP contribution in [0.2, 0.25) is 0 Å². The maximum atomic E-state index is 2.48. The van der Waals surface area contributed by atoms with Crippen LogP contribution in [0.1, 0.15) is 27.7 Å². The second-order valence-electron chi connectivity index (χ2n) is 10.6. The van der Waals surface area contributed by atoms with Crippen LogP contribution in [0.3, 0.4) is 0 Å². The summed E-state index contributed by atoms with van der Waals surface area (Å²) < 4.78 is 3.08. The SMILES string of the molecule is CC(C)N(C)C(SSC(N(C)C(C)C)=S(C)(C)(C)C)=S(C)(C)(C)C. The first-order chi connectivity index (χ1) is 10.2. The molecule has 0 saturated heterocycles. The Morgan fingerprint density at radius 3 is 0.917 bits per heavy atom. The van der Waals surface area contributed by atoms with Gasteiger partial charge >= 0.3 is 0 Å². The molecule has 0 aliphatic heterocycles. The van der Waals surface area contributed by atoms with E-state index in [4.69, 9.17) is 0 Å². The predicted octanol–water partition coefficient (Wildman–Crippen LogP) is 4.94. The molecule has 0 aromatic heterocycles. The highest BCUT2D eigenvalue weighted by atomic mass is 33.1. The smallest absolute Gasteiger partial charge is 0.0716 e. The molecule has 0 aliphatic carbocycles. The molecule has 0 radical (unpaired) electrons. The second-order valence-corrected chi connectivity index (χ2v) is 27.1. The van der Waals surface area contributed by atoms with Crippen molar-refractivity contribution in [3.8, 4) is 0 Å². The van der Waals surface area contributed by atoms with Crippen molar-refractivity contribution >= 4 is 47.7 Å². The van der Waals surface area contributed by atoms with Gasteiger partial charge in [0.1, 0.15) is 0 Å². The third kappa shape index (κ3) is 7.75. The van der Waals surface area contributed by atoms with E-state index in [9.17, 15) is 0 Å².